The highest BCUT2D eigenvalue weighted by atomic mass is 35.6. The smallest absolute Gasteiger partial charge is 0.307 e. The zero-order valence-corrected chi connectivity index (χ0v) is 13.7. The Kier molecular flexibility index (Phi) is 5.31. The Bertz CT molecular complexity index is 628. The maximum absolute atomic E-state index is 13.0. The molecule has 0 radical (unpaired) electrons. The monoisotopic (exact) mass is 387 g/mol. The van der Waals surface area contributed by atoms with E-state index in [1.165, 1.54) is 12.1 Å². The number of hydrogen-bond donors (Lipinski definition) is 1. The van der Waals surface area contributed by atoms with Gasteiger partial charge in [-0.25, -0.2) is 0 Å². The first-order chi connectivity index (χ1) is 10.5. The third-order valence-corrected chi connectivity index (χ3v) is 4.15. The van der Waals surface area contributed by atoms with E-state index in [-0.39, 0.29) is 13.0 Å². The topological polar surface area (TPSA) is 46.2 Å². The van der Waals surface area contributed by atoms with Gasteiger partial charge in [0.1, 0.15) is 0 Å². The highest BCUT2D eigenvalue weighted by molar-refractivity contribution is 6.76. The summed E-state index contributed by atoms with van der Waals surface area (Å²) < 4.78 is 36.8. The Morgan fingerprint density at radius 2 is 1.74 bits per heavy atom. The molecule has 0 saturated carbocycles. The second kappa shape index (κ2) is 6.59. The van der Waals surface area contributed by atoms with Crippen LogP contribution in [0.2, 0.25) is 0 Å². The van der Waals surface area contributed by atoms with Crippen LogP contribution in [0.3, 0.4) is 0 Å². The second-order valence-corrected chi connectivity index (χ2v) is 7.44. The Balaban J connectivity index is 2.20. The number of carbonyl (C=O) groups is 2. The van der Waals surface area contributed by atoms with E-state index in [0.717, 1.165) is 12.1 Å². The molecular formula is C14H11Cl3F3NO2. The van der Waals surface area contributed by atoms with Crippen LogP contribution in [0.5, 0.6) is 0 Å². The van der Waals surface area contributed by atoms with Crippen LogP contribution in [-0.2, 0) is 11.0 Å². The maximum Gasteiger partial charge on any atom is 0.417 e. The Morgan fingerprint density at radius 3 is 2.30 bits per heavy atom. The Hall–Kier alpha value is -0.820. The van der Waals surface area contributed by atoms with Crippen molar-refractivity contribution >= 4 is 46.4 Å². The molecule has 2 rings (SSSR count). The van der Waals surface area contributed by atoms with Gasteiger partial charge >= 0.3 is 6.18 Å². The second-order valence-electron chi connectivity index (χ2n) is 5.16. The summed E-state index contributed by atoms with van der Waals surface area (Å²) in [5.74, 6) is -2.22. The van der Waals surface area contributed by atoms with Crippen LogP contribution in [0, 0.1) is 5.92 Å². The first-order valence-corrected chi connectivity index (χ1v) is 7.70. The fourth-order valence-electron chi connectivity index (χ4n) is 2.50. The molecule has 0 amide bonds. The van der Waals surface area contributed by atoms with Crippen molar-refractivity contribution in [3.05, 3.63) is 35.4 Å². The molecule has 126 valence electrons. The number of Topliss-reactive ketones (excluding diaryl/α,β-unsaturated/α-hetero) is 2. The van der Waals surface area contributed by atoms with E-state index in [1.54, 1.807) is 0 Å². The molecule has 3 nitrogen and oxygen atoms in total. The lowest BCUT2D eigenvalue weighted by atomic mass is 9.91. The molecule has 9 heteroatoms. The Morgan fingerprint density at radius 1 is 1.13 bits per heavy atom. The van der Waals surface area contributed by atoms with Crippen molar-refractivity contribution < 1.29 is 22.8 Å². The van der Waals surface area contributed by atoms with Gasteiger partial charge in [0.15, 0.2) is 5.78 Å². The van der Waals surface area contributed by atoms with Gasteiger partial charge in [-0.3, -0.25) is 9.59 Å². The molecular weight excluding hydrogens is 378 g/mol. The Labute approximate surface area is 145 Å². The minimum atomic E-state index is -4.63. The predicted molar refractivity (Wildman–Crippen MR) is 81.0 cm³/mol. The van der Waals surface area contributed by atoms with Crippen molar-refractivity contribution in [2.24, 2.45) is 5.92 Å². The molecule has 1 aliphatic rings. The maximum atomic E-state index is 13.0. The lowest BCUT2D eigenvalue weighted by Gasteiger charge is -2.16. The van der Waals surface area contributed by atoms with E-state index < -0.39 is 44.6 Å². The molecule has 0 spiro atoms. The van der Waals surface area contributed by atoms with Crippen molar-refractivity contribution in [1.29, 1.82) is 0 Å². The van der Waals surface area contributed by atoms with Gasteiger partial charge in [-0.15, -0.1) is 0 Å². The fraction of sp³-hybridized carbons (Fsp3) is 0.429. The summed E-state index contributed by atoms with van der Waals surface area (Å²) in [5.41, 5.74) is -1.42. The van der Waals surface area contributed by atoms with Crippen LogP contribution in [0.15, 0.2) is 24.3 Å². The predicted octanol–water partition coefficient (Wildman–Crippen LogP) is 3.81. The minimum Gasteiger partial charge on any atom is -0.307 e. The van der Waals surface area contributed by atoms with Crippen LogP contribution in [0.4, 0.5) is 13.2 Å². The van der Waals surface area contributed by atoms with Gasteiger partial charge < -0.3 is 5.32 Å². The van der Waals surface area contributed by atoms with Gasteiger partial charge in [-0.2, -0.15) is 13.2 Å². The molecule has 23 heavy (non-hydrogen) atoms. The third kappa shape index (κ3) is 4.18. The summed E-state index contributed by atoms with van der Waals surface area (Å²) in [7, 11) is 0. The zero-order valence-electron chi connectivity index (χ0n) is 11.5. The molecule has 1 saturated heterocycles. The fourth-order valence-corrected chi connectivity index (χ4v) is 2.89. The van der Waals surface area contributed by atoms with E-state index >= 15 is 0 Å². The van der Waals surface area contributed by atoms with Gasteiger partial charge in [0.25, 0.3) is 0 Å². The van der Waals surface area contributed by atoms with E-state index in [9.17, 15) is 22.8 Å². The van der Waals surface area contributed by atoms with Crippen molar-refractivity contribution in [3.8, 4) is 0 Å². The molecule has 0 aromatic heterocycles. The van der Waals surface area contributed by atoms with Crippen LogP contribution >= 0.6 is 34.8 Å². The van der Waals surface area contributed by atoms with E-state index in [1.807, 2.05) is 0 Å². The van der Waals surface area contributed by atoms with Crippen molar-refractivity contribution in [2.45, 2.75) is 22.4 Å². The van der Waals surface area contributed by atoms with Gasteiger partial charge in [-0.05, 0) is 12.5 Å². The van der Waals surface area contributed by atoms with Crippen molar-refractivity contribution in [2.75, 3.05) is 6.54 Å². The molecule has 1 aromatic carbocycles. The average Bonchev–Trinajstić information content (AvgIpc) is 2.93. The summed E-state index contributed by atoms with van der Waals surface area (Å²) in [6, 6.07) is 3.65. The molecule has 0 bridgehead atoms. The highest BCUT2D eigenvalue weighted by Crippen LogP contribution is 2.35. The first kappa shape index (κ1) is 18.5. The summed E-state index contributed by atoms with van der Waals surface area (Å²) in [6.07, 6.45) is -4.65. The van der Waals surface area contributed by atoms with E-state index in [0.29, 0.717) is 0 Å². The van der Waals surface area contributed by atoms with Gasteiger partial charge in [0, 0.05) is 18.0 Å². The number of benzene rings is 1. The van der Waals surface area contributed by atoms with Crippen molar-refractivity contribution in [3.63, 3.8) is 0 Å². The summed E-state index contributed by atoms with van der Waals surface area (Å²) in [4.78, 5) is 24.2. The standard InChI is InChI=1S/C14H11Cl3F3NO2/c15-13(16,17)12(23)10-5-7(6-21-10)11(22)8-3-1-2-4-9(8)14(18,19)20/h1-4,7,10,21H,5-6H2. The van der Waals surface area contributed by atoms with Crippen molar-refractivity contribution in [1.82, 2.24) is 5.32 Å². The first-order valence-electron chi connectivity index (χ1n) is 6.56. The van der Waals surface area contributed by atoms with E-state index in [4.69, 9.17) is 34.8 Å². The molecule has 0 aliphatic carbocycles. The normalized spacial score (nSPS) is 22.2. The number of alkyl halides is 6. The van der Waals surface area contributed by atoms with Crippen LogP contribution < -0.4 is 5.32 Å². The molecule has 1 N–H and O–H groups in total. The van der Waals surface area contributed by atoms with Crippen LogP contribution in [0.25, 0.3) is 0 Å². The lowest BCUT2D eigenvalue weighted by molar-refractivity contribution is -0.138. The molecule has 2 atom stereocenters. The lowest BCUT2D eigenvalue weighted by Crippen LogP contribution is -2.38. The quantitative estimate of drug-likeness (QED) is 0.633. The largest absolute Gasteiger partial charge is 0.417 e. The molecule has 1 fully saturated rings. The number of nitrogens with one attached hydrogen (secondary N) is 1. The van der Waals surface area contributed by atoms with Gasteiger partial charge in [0.05, 0.1) is 11.6 Å². The average molecular weight is 389 g/mol. The van der Waals surface area contributed by atoms with E-state index in [2.05, 4.69) is 5.32 Å². The number of ketones is 2. The highest BCUT2D eigenvalue weighted by Gasteiger charge is 2.43. The summed E-state index contributed by atoms with van der Waals surface area (Å²) >= 11 is 16.5. The SMILES string of the molecule is O=C(c1ccccc1C(F)(F)F)C1CNC(C(=O)C(Cl)(Cl)Cl)C1. The molecule has 2 unspecified atom stereocenters. The third-order valence-electron chi connectivity index (χ3n) is 3.60. The molecule has 1 aliphatic heterocycles. The number of carbonyl (C=O) groups excluding carboxylic acids is 2. The molecule has 1 heterocycles. The molecule has 1 aromatic rings. The number of rotatable bonds is 3. The minimum absolute atomic E-state index is 0.0161. The summed E-state index contributed by atoms with van der Waals surface area (Å²) in [6.45, 7) is 0.0438. The number of hydrogen-bond acceptors (Lipinski definition) is 3. The van der Waals surface area contributed by atoms with Gasteiger partial charge in [-0.1, -0.05) is 53.0 Å². The zero-order chi connectivity index (χ0) is 17.4. The van der Waals surface area contributed by atoms with Crippen LogP contribution in [0.1, 0.15) is 22.3 Å². The number of halogens is 6. The van der Waals surface area contributed by atoms with Crippen LogP contribution in [-0.4, -0.2) is 27.9 Å². The van der Waals surface area contributed by atoms with Gasteiger partial charge in [0.2, 0.25) is 9.58 Å². The summed E-state index contributed by atoms with van der Waals surface area (Å²) in [5, 5.41) is 2.72.